The molecule has 0 fully saturated rings. The van der Waals surface area contributed by atoms with Crippen LogP contribution in [0.1, 0.15) is 6.92 Å². The van der Waals surface area contributed by atoms with E-state index in [-0.39, 0.29) is 34.9 Å². The van der Waals surface area contributed by atoms with Gasteiger partial charge in [-0.25, -0.2) is 13.1 Å². The summed E-state index contributed by atoms with van der Waals surface area (Å²) in [6.07, 6.45) is 0. The van der Waals surface area contributed by atoms with Gasteiger partial charge >= 0.3 is 0 Å². The number of hydrogen-bond donors (Lipinski definition) is 2. The molecule has 0 aliphatic carbocycles. The summed E-state index contributed by atoms with van der Waals surface area (Å²) in [6, 6.07) is 4.47. The lowest BCUT2D eigenvalue weighted by Gasteiger charge is -2.13. The van der Waals surface area contributed by atoms with Crippen molar-refractivity contribution in [1.29, 1.82) is 0 Å². The number of sulfonamides is 1. The summed E-state index contributed by atoms with van der Waals surface area (Å²) < 4.78 is 26.8. The first kappa shape index (κ1) is 17.2. The van der Waals surface area contributed by atoms with Gasteiger partial charge in [0.2, 0.25) is 10.0 Å². The van der Waals surface area contributed by atoms with E-state index in [9.17, 15) is 8.42 Å². The van der Waals surface area contributed by atoms with Crippen molar-refractivity contribution < 1.29 is 8.42 Å². The van der Waals surface area contributed by atoms with Crippen LogP contribution in [0.3, 0.4) is 0 Å². The topological polar surface area (TPSA) is 72.2 Å². The van der Waals surface area contributed by atoms with Crippen LogP contribution in [0.2, 0.25) is 5.02 Å². The second kappa shape index (κ2) is 6.92. The van der Waals surface area contributed by atoms with Crippen molar-refractivity contribution in [2.75, 3.05) is 6.54 Å². The van der Waals surface area contributed by atoms with E-state index in [4.69, 9.17) is 17.3 Å². The summed E-state index contributed by atoms with van der Waals surface area (Å²) in [7, 11) is -3.64. The van der Waals surface area contributed by atoms with Gasteiger partial charge in [-0.3, -0.25) is 0 Å². The van der Waals surface area contributed by atoms with Crippen molar-refractivity contribution in [3.63, 3.8) is 0 Å². The van der Waals surface area contributed by atoms with Gasteiger partial charge in [-0.1, -0.05) is 17.7 Å². The zero-order valence-corrected chi connectivity index (χ0v) is 13.0. The van der Waals surface area contributed by atoms with E-state index in [2.05, 4.69) is 20.7 Å². The molecule has 1 rings (SSSR count). The molecule has 17 heavy (non-hydrogen) atoms. The maximum Gasteiger partial charge on any atom is 0.243 e. The van der Waals surface area contributed by atoms with Crippen LogP contribution in [0.4, 0.5) is 0 Å². The quantitative estimate of drug-likeness (QED) is 0.860. The molecule has 0 spiro atoms. The van der Waals surface area contributed by atoms with Crippen molar-refractivity contribution in [1.82, 2.24) is 4.72 Å². The van der Waals surface area contributed by atoms with Gasteiger partial charge in [0, 0.05) is 17.1 Å². The molecule has 0 heterocycles. The third-order valence-electron chi connectivity index (χ3n) is 1.90. The lowest BCUT2D eigenvalue weighted by atomic mass is 10.4. The predicted molar refractivity (Wildman–Crippen MR) is 75.2 cm³/mol. The normalized spacial score (nSPS) is 12.9. The van der Waals surface area contributed by atoms with Crippen LogP contribution in [0.5, 0.6) is 0 Å². The smallest absolute Gasteiger partial charge is 0.243 e. The van der Waals surface area contributed by atoms with Crippen LogP contribution in [0, 0.1) is 0 Å². The van der Waals surface area contributed by atoms with Crippen molar-refractivity contribution >= 4 is 50.0 Å². The van der Waals surface area contributed by atoms with E-state index < -0.39 is 10.0 Å². The Labute approximate surface area is 121 Å². The second-order valence-corrected chi connectivity index (χ2v) is 6.22. The molecule has 0 aromatic heterocycles. The van der Waals surface area contributed by atoms with E-state index in [1.54, 1.807) is 19.1 Å². The monoisotopic (exact) mass is 362 g/mol. The van der Waals surface area contributed by atoms with E-state index in [0.717, 1.165) is 0 Å². The first-order valence-electron chi connectivity index (χ1n) is 4.55. The van der Waals surface area contributed by atoms with Gasteiger partial charge in [0.05, 0.1) is 5.02 Å². The maximum atomic E-state index is 12.0. The van der Waals surface area contributed by atoms with Gasteiger partial charge in [-0.15, -0.1) is 12.4 Å². The van der Waals surface area contributed by atoms with Gasteiger partial charge in [-0.05, 0) is 35.0 Å². The minimum Gasteiger partial charge on any atom is -0.329 e. The summed E-state index contributed by atoms with van der Waals surface area (Å²) in [6.45, 7) is 1.91. The minimum absolute atomic E-state index is 0. The number of benzene rings is 1. The third-order valence-corrected chi connectivity index (χ3v) is 4.94. The van der Waals surface area contributed by atoms with Crippen LogP contribution < -0.4 is 10.5 Å². The Bertz CT molecular complexity index is 462. The predicted octanol–water partition coefficient (Wildman–Crippen LogP) is 2.15. The Balaban J connectivity index is 0.00000256. The highest BCUT2D eigenvalue weighted by Crippen LogP contribution is 2.29. The van der Waals surface area contributed by atoms with Crippen LogP contribution in [-0.4, -0.2) is 21.0 Å². The molecule has 0 radical (unpaired) electrons. The molecule has 0 saturated heterocycles. The van der Waals surface area contributed by atoms with Crippen molar-refractivity contribution in [2.24, 2.45) is 5.73 Å². The molecular formula is C9H13BrCl2N2O2S. The number of halogens is 3. The summed E-state index contributed by atoms with van der Waals surface area (Å²) in [5.74, 6) is 0. The Morgan fingerprint density at radius 2 is 2.12 bits per heavy atom. The molecule has 3 N–H and O–H groups in total. The van der Waals surface area contributed by atoms with E-state index in [0.29, 0.717) is 4.47 Å². The van der Waals surface area contributed by atoms with E-state index in [1.165, 1.54) is 6.07 Å². The fourth-order valence-corrected chi connectivity index (χ4v) is 4.10. The average molecular weight is 364 g/mol. The van der Waals surface area contributed by atoms with Gasteiger partial charge in [0.15, 0.2) is 0 Å². The molecular weight excluding hydrogens is 351 g/mol. The molecule has 4 nitrogen and oxygen atoms in total. The molecule has 0 aliphatic heterocycles. The van der Waals surface area contributed by atoms with Gasteiger partial charge in [0.25, 0.3) is 0 Å². The molecule has 1 aromatic rings. The maximum absolute atomic E-state index is 12.0. The molecule has 0 amide bonds. The molecule has 98 valence electrons. The summed E-state index contributed by atoms with van der Waals surface area (Å²) in [5, 5.41) is 0.172. The number of hydrogen-bond acceptors (Lipinski definition) is 3. The van der Waals surface area contributed by atoms with Crippen LogP contribution >= 0.6 is 39.9 Å². The highest BCUT2D eigenvalue weighted by molar-refractivity contribution is 9.10. The highest BCUT2D eigenvalue weighted by atomic mass is 79.9. The number of rotatable bonds is 4. The largest absolute Gasteiger partial charge is 0.329 e. The third kappa shape index (κ3) is 4.39. The van der Waals surface area contributed by atoms with Gasteiger partial charge < -0.3 is 5.73 Å². The summed E-state index contributed by atoms with van der Waals surface area (Å²) >= 11 is 9.02. The Morgan fingerprint density at radius 1 is 1.53 bits per heavy atom. The van der Waals surface area contributed by atoms with Gasteiger partial charge in [-0.2, -0.15) is 0 Å². The molecule has 1 atom stereocenters. The molecule has 0 aliphatic rings. The highest BCUT2D eigenvalue weighted by Gasteiger charge is 2.22. The fraction of sp³-hybridized carbons (Fsp3) is 0.333. The van der Waals surface area contributed by atoms with E-state index in [1.807, 2.05) is 0 Å². The molecule has 1 aromatic carbocycles. The molecule has 0 unspecified atom stereocenters. The Kier molecular flexibility index (Phi) is 6.98. The lowest BCUT2D eigenvalue weighted by Crippen LogP contribution is -2.38. The van der Waals surface area contributed by atoms with Crippen LogP contribution in [0.25, 0.3) is 0 Å². The van der Waals surface area contributed by atoms with Crippen LogP contribution in [-0.2, 0) is 10.0 Å². The van der Waals surface area contributed by atoms with Crippen molar-refractivity contribution in [3.8, 4) is 0 Å². The molecule has 0 bridgehead atoms. The van der Waals surface area contributed by atoms with Crippen molar-refractivity contribution in [2.45, 2.75) is 17.9 Å². The standard InChI is InChI=1S/C9H12BrClN2O2S.ClH/c1-6(5-12)13-16(14,15)9-7(10)3-2-4-8(9)11;/h2-4,6,13H,5,12H2,1H3;1H/t6-;/m1./s1. The zero-order chi connectivity index (χ0) is 12.3. The number of nitrogens with two attached hydrogens (primary N) is 1. The zero-order valence-electron chi connectivity index (χ0n) is 8.98. The fourth-order valence-electron chi connectivity index (χ4n) is 1.11. The molecule has 0 saturated carbocycles. The van der Waals surface area contributed by atoms with E-state index >= 15 is 0 Å². The summed E-state index contributed by atoms with van der Waals surface area (Å²) in [4.78, 5) is 0.0389. The Hall–Kier alpha value is 0.150. The Morgan fingerprint density at radius 3 is 2.59 bits per heavy atom. The summed E-state index contributed by atoms with van der Waals surface area (Å²) in [5.41, 5.74) is 5.36. The van der Waals surface area contributed by atoms with Crippen LogP contribution in [0.15, 0.2) is 27.6 Å². The first-order valence-corrected chi connectivity index (χ1v) is 7.20. The first-order chi connectivity index (χ1) is 7.38. The van der Waals surface area contributed by atoms with Gasteiger partial charge in [0.1, 0.15) is 4.90 Å². The molecule has 8 heteroatoms. The minimum atomic E-state index is -3.64. The SMILES string of the molecule is C[C@H](CN)NS(=O)(=O)c1c(Cl)cccc1Br.Cl. The number of nitrogens with one attached hydrogen (secondary N) is 1. The average Bonchev–Trinajstić information content (AvgIpc) is 2.16. The second-order valence-electron chi connectivity index (χ2n) is 3.31. The lowest BCUT2D eigenvalue weighted by molar-refractivity contribution is 0.562. The van der Waals surface area contributed by atoms with Crippen molar-refractivity contribution in [3.05, 3.63) is 27.7 Å².